The van der Waals surface area contributed by atoms with Gasteiger partial charge < -0.3 is 5.73 Å². The van der Waals surface area contributed by atoms with Crippen LogP contribution in [0.25, 0.3) is 0 Å². The van der Waals surface area contributed by atoms with E-state index in [4.69, 9.17) is 5.73 Å². The fraction of sp³-hybridized carbons (Fsp3) is 0.636. The molecule has 104 valence electrons. The first-order valence-electron chi connectivity index (χ1n) is 5.87. The summed E-state index contributed by atoms with van der Waals surface area (Å²) >= 11 is 1.60. The van der Waals surface area contributed by atoms with E-state index < -0.39 is 10.2 Å². The Kier molecular flexibility index (Phi) is 5.74. The molecule has 0 aliphatic heterocycles. The molecule has 1 aromatic heterocycles. The molecular formula is C11H21N3O2S2. The molecule has 0 aliphatic carbocycles. The second-order valence-corrected chi connectivity index (χ2v) is 7.39. The molecule has 1 rings (SSSR count). The van der Waals surface area contributed by atoms with Gasteiger partial charge in [0.1, 0.15) is 0 Å². The van der Waals surface area contributed by atoms with Crippen molar-refractivity contribution >= 4 is 21.5 Å². The van der Waals surface area contributed by atoms with E-state index in [-0.39, 0.29) is 6.04 Å². The highest BCUT2D eigenvalue weighted by Crippen LogP contribution is 2.23. The maximum Gasteiger partial charge on any atom is 0.279 e. The first-order valence-corrected chi connectivity index (χ1v) is 8.12. The van der Waals surface area contributed by atoms with E-state index in [0.717, 1.165) is 4.88 Å². The van der Waals surface area contributed by atoms with Crippen LogP contribution in [0.1, 0.15) is 29.1 Å². The molecule has 1 aromatic rings. The molecule has 0 amide bonds. The molecule has 0 bridgehead atoms. The van der Waals surface area contributed by atoms with Crippen molar-refractivity contribution in [3.05, 3.63) is 21.9 Å². The molecule has 1 heterocycles. The Hall–Kier alpha value is -0.470. The normalized spacial score (nSPS) is 14.1. The van der Waals surface area contributed by atoms with Gasteiger partial charge in [-0.15, -0.1) is 11.3 Å². The van der Waals surface area contributed by atoms with Gasteiger partial charge in [-0.05, 0) is 38.9 Å². The minimum atomic E-state index is -3.44. The van der Waals surface area contributed by atoms with Crippen molar-refractivity contribution in [1.29, 1.82) is 0 Å². The first-order chi connectivity index (χ1) is 8.36. The number of hydrogen-bond donors (Lipinski definition) is 2. The molecule has 1 atom stereocenters. The third-order valence-electron chi connectivity index (χ3n) is 2.60. The van der Waals surface area contributed by atoms with Crippen LogP contribution in [0, 0.1) is 6.92 Å². The summed E-state index contributed by atoms with van der Waals surface area (Å²) in [7, 11) is -1.88. The smallest absolute Gasteiger partial charge is 0.279 e. The van der Waals surface area contributed by atoms with Crippen LogP contribution in [0.5, 0.6) is 0 Å². The summed E-state index contributed by atoms with van der Waals surface area (Å²) in [6.45, 7) is 4.77. The second kappa shape index (κ2) is 6.63. The van der Waals surface area contributed by atoms with Crippen LogP contribution in [0.2, 0.25) is 0 Å². The Labute approximate surface area is 113 Å². The van der Waals surface area contributed by atoms with Gasteiger partial charge in [0.2, 0.25) is 0 Å². The number of rotatable bonds is 7. The van der Waals surface area contributed by atoms with E-state index in [1.54, 1.807) is 18.4 Å². The SMILES string of the molecule is Cc1ccc(C(C)NS(=O)(=O)N(C)CCCN)s1. The van der Waals surface area contributed by atoms with Crippen molar-refractivity contribution < 1.29 is 8.42 Å². The summed E-state index contributed by atoms with van der Waals surface area (Å²) in [6, 6.07) is 3.73. The number of aryl methyl sites for hydroxylation is 1. The predicted molar refractivity (Wildman–Crippen MR) is 75.8 cm³/mol. The van der Waals surface area contributed by atoms with E-state index >= 15 is 0 Å². The summed E-state index contributed by atoms with van der Waals surface area (Å²) in [6.07, 6.45) is 0.657. The van der Waals surface area contributed by atoms with Crippen LogP contribution in [-0.2, 0) is 10.2 Å². The summed E-state index contributed by atoms with van der Waals surface area (Å²) in [5.74, 6) is 0. The molecule has 0 saturated heterocycles. The van der Waals surface area contributed by atoms with E-state index in [9.17, 15) is 8.42 Å². The highest BCUT2D eigenvalue weighted by molar-refractivity contribution is 7.87. The van der Waals surface area contributed by atoms with Crippen molar-refractivity contribution in [2.45, 2.75) is 26.3 Å². The minimum absolute atomic E-state index is 0.214. The van der Waals surface area contributed by atoms with Crippen molar-refractivity contribution in [2.75, 3.05) is 20.1 Å². The maximum absolute atomic E-state index is 12.0. The van der Waals surface area contributed by atoms with E-state index in [1.807, 2.05) is 26.0 Å². The van der Waals surface area contributed by atoms with Gasteiger partial charge in [-0.3, -0.25) is 0 Å². The van der Waals surface area contributed by atoms with Gasteiger partial charge >= 0.3 is 0 Å². The van der Waals surface area contributed by atoms with Crippen LogP contribution in [0.4, 0.5) is 0 Å². The Morgan fingerprint density at radius 2 is 2.17 bits per heavy atom. The zero-order valence-corrected chi connectivity index (χ0v) is 12.6. The minimum Gasteiger partial charge on any atom is -0.330 e. The van der Waals surface area contributed by atoms with E-state index in [1.165, 1.54) is 9.18 Å². The molecular weight excluding hydrogens is 270 g/mol. The zero-order valence-electron chi connectivity index (χ0n) is 11.0. The molecule has 1 unspecified atom stereocenters. The Morgan fingerprint density at radius 3 is 2.67 bits per heavy atom. The summed E-state index contributed by atoms with van der Waals surface area (Å²) in [5.41, 5.74) is 5.37. The highest BCUT2D eigenvalue weighted by atomic mass is 32.2. The Morgan fingerprint density at radius 1 is 1.50 bits per heavy atom. The molecule has 0 saturated carbocycles. The molecule has 0 aliphatic rings. The quantitative estimate of drug-likeness (QED) is 0.793. The lowest BCUT2D eigenvalue weighted by Crippen LogP contribution is -2.40. The number of hydrogen-bond acceptors (Lipinski definition) is 4. The van der Waals surface area contributed by atoms with Gasteiger partial charge in [0.25, 0.3) is 10.2 Å². The van der Waals surface area contributed by atoms with Gasteiger partial charge in [-0.25, -0.2) is 0 Å². The van der Waals surface area contributed by atoms with Gasteiger partial charge in [0.05, 0.1) is 6.04 Å². The highest BCUT2D eigenvalue weighted by Gasteiger charge is 2.21. The lowest BCUT2D eigenvalue weighted by molar-refractivity contribution is 0.446. The van der Waals surface area contributed by atoms with E-state index in [2.05, 4.69) is 4.72 Å². The summed E-state index contributed by atoms with van der Waals surface area (Å²) in [5, 5.41) is 0. The second-order valence-electron chi connectivity index (χ2n) is 4.26. The molecule has 18 heavy (non-hydrogen) atoms. The number of nitrogens with zero attached hydrogens (tertiary/aromatic N) is 1. The lowest BCUT2D eigenvalue weighted by atomic mass is 10.3. The molecule has 0 fully saturated rings. The molecule has 3 N–H and O–H groups in total. The topological polar surface area (TPSA) is 75.4 Å². The van der Waals surface area contributed by atoms with Gasteiger partial charge in [0.15, 0.2) is 0 Å². The van der Waals surface area contributed by atoms with Gasteiger partial charge in [0, 0.05) is 23.3 Å². The van der Waals surface area contributed by atoms with Crippen molar-refractivity contribution in [3.63, 3.8) is 0 Å². The lowest BCUT2D eigenvalue weighted by Gasteiger charge is -2.20. The van der Waals surface area contributed by atoms with E-state index in [0.29, 0.717) is 19.5 Å². The third-order valence-corrected chi connectivity index (χ3v) is 5.44. The maximum atomic E-state index is 12.0. The molecule has 0 spiro atoms. The van der Waals surface area contributed by atoms with Crippen LogP contribution < -0.4 is 10.5 Å². The third kappa shape index (κ3) is 4.33. The average Bonchev–Trinajstić information content (AvgIpc) is 2.72. The monoisotopic (exact) mass is 291 g/mol. The van der Waals surface area contributed by atoms with Crippen LogP contribution >= 0.6 is 11.3 Å². The molecule has 0 aromatic carbocycles. The average molecular weight is 291 g/mol. The first kappa shape index (κ1) is 15.6. The fourth-order valence-corrected chi connectivity index (χ4v) is 3.57. The molecule has 7 heteroatoms. The van der Waals surface area contributed by atoms with Crippen LogP contribution in [0.15, 0.2) is 12.1 Å². The summed E-state index contributed by atoms with van der Waals surface area (Å²) in [4.78, 5) is 2.19. The standard InChI is InChI=1S/C11H21N3O2S2/c1-9-5-6-11(17-9)10(2)13-18(15,16)14(3)8-4-7-12/h5-6,10,13H,4,7-8,12H2,1-3H3. The predicted octanol–water partition coefficient (Wildman–Crippen LogP) is 1.23. The Balaban J connectivity index is 2.65. The van der Waals surface area contributed by atoms with Crippen LogP contribution in [0.3, 0.4) is 0 Å². The number of nitrogens with two attached hydrogens (primary N) is 1. The van der Waals surface area contributed by atoms with Crippen molar-refractivity contribution in [2.24, 2.45) is 5.73 Å². The van der Waals surface area contributed by atoms with Crippen molar-refractivity contribution in [3.8, 4) is 0 Å². The molecule has 0 radical (unpaired) electrons. The van der Waals surface area contributed by atoms with Gasteiger partial charge in [-0.1, -0.05) is 0 Å². The largest absolute Gasteiger partial charge is 0.330 e. The number of nitrogens with one attached hydrogen (secondary N) is 1. The van der Waals surface area contributed by atoms with Crippen LogP contribution in [-0.4, -0.2) is 32.9 Å². The Bertz CT molecular complexity index is 470. The number of thiophene rings is 1. The molecule has 5 nitrogen and oxygen atoms in total. The fourth-order valence-electron chi connectivity index (χ4n) is 1.49. The summed E-state index contributed by atoms with van der Waals surface area (Å²) < 4.78 is 28.0. The van der Waals surface area contributed by atoms with Crippen molar-refractivity contribution in [1.82, 2.24) is 9.03 Å². The van der Waals surface area contributed by atoms with Gasteiger partial charge in [-0.2, -0.15) is 17.4 Å². The zero-order chi connectivity index (χ0) is 13.8.